The number of thiocarbonyl (C=S) groups is 1. The van der Waals surface area contributed by atoms with Gasteiger partial charge in [0.25, 0.3) is 0 Å². The Balaban J connectivity index is 2.06. The Bertz CT molecular complexity index is 726. The molecule has 0 spiro atoms. The molecule has 0 aliphatic carbocycles. The Kier molecular flexibility index (Phi) is 5.99. The fourth-order valence-electron chi connectivity index (χ4n) is 2.90. The second-order valence-electron chi connectivity index (χ2n) is 6.48. The van der Waals surface area contributed by atoms with Crippen molar-refractivity contribution in [2.45, 2.75) is 59.8 Å². The first kappa shape index (κ1) is 18.5. The molecule has 0 atom stereocenters. The number of hydrogen-bond acceptors (Lipinski definition) is 2. The van der Waals surface area contributed by atoms with E-state index in [1.165, 1.54) is 22.4 Å². The van der Waals surface area contributed by atoms with Gasteiger partial charge in [0.05, 0.1) is 0 Å². The molecular formula is C19H26N2O2S. The van der Waals surface area contributed by atoms with Crippen LogP contribution in [0.4, 0.5) is 0 Å². The lowest BCUT2D eigenvalue weighted by atomic mass is 10.1. The Morgan fingerprint density at radius 3 is 2.38 bits per heavy atom. The number of carboxylic acid groups (broad SMARTS) is 1. The molecule has 0 radical (unpaired) electrons. The molecule has 1 aliphatic heterocycles. The van der Waals surface area contributed by atoms with Crippen LogP contribution in [0.3, 0.4) is 0 Å². The standard InChI is InChI=1S/C19H26N2O2S/c1-11-12(2)16(10-17-13(3)14(4)19(24)21-17)20-15(11)8-6-5-7-9-18(22)23/h10,20H,5-9H2,1-4H3,(H,21,24)(H,22,23)/b17-10-. The van der Waals surface area contributed by atoms with Gasteiger partial charge in [-0.3, -0.25) is 4.79 Å². The van der Waals surface area contributed by atoms with Crippen LogP contribution in [0.5, 0.6) is 0 Å². The molecule has 5 heteroatoms. The zero-order valence-corrected chi connectivity index (χ0v) is 15.7. The molecule has 4 nitrogen and oxygen atoms in total. The largest absolute Gasteiger partial charge is 0.481 e. The first-order valence-electron chi connectivity index (χ1n) is 8.42. The minimum Gasteiger partial charge on any atom is -0.481 e. The number of aromatic nitrogens is 1. The van der Waals surface area contributed by atoms with E-state index in [2.05, 4.69) is 37.1 Å². The average Bonchev–Trinajstić information content (AvgIpc) is 2.92. The third-order valence-electron chi connectivity index (χ3n) is 4.87. The number of aryl methyl sites for hydroxylation is 1. The van der Waals surface area contributed by atoms with E-state index in [-0.39, 0.29) is 6.42 Å². The number of unbranched alkanes of at least 4 members (excludes halogenated alkanes) is 2. The van der Waals surface area contributed by atoms with Crippen LogP contribution in [-0.2, 0) is 11.2 Å². The number of carboxylic acids is 1. The number of nitrogens with one attached hydrogen (secondary N) is 2. The summed E-state index contributed by atoms with van der Waals surface area (Å²) in [5.41, 5.74) is 8.31. The molecule has 24 heavy (non-hydrogen) atoms. The van der Waals surface area contributed by atoms with Crippen molar-refractivity contribution < 1.29 is 9.90 Å². The van der Waals surface area contributed by atoms with Gasteiger partial charge in [0.2, 0.25) is 0 Å². The molecule has 1 aromatic heterocycles. The summed E-state index contributed by atoms with van der Waals surface area (Å²) in [6, 6.07) is 0. The first-order chi connectivity index (χ1) is 11.3. The molecule has 2 heterocycles. The highest BCUT2D eigenvalue weighted by atomic mass is 32.1. The zero-order chi connectivity index (χ0) is 17.9. The summed E-state index contributed by atoms with van der Waals surface area (Å²) in [5, 5.41) is 11.9. The molecule has 0 saturated carbocycles. The molecule has 3 N–H and O–H groups in total. The molecule has 130 valence electrons. The van der Waals surface area contributed by atoms with Crippen LogP contribution in [0.15, 0.2) is 16.8 Å². The van der Waals surface area contributed by atoms with Gasteiger partial charge in [-0.2, -0.15) is 0 Å². The van der Waals surface area contributed by atoms with E-state index in [0.717, 1.165) is 47.6 Å². The Morgan fingerprint density at radius 2 is 1.79 bits per heavy atom. The lowest BCUT2D eigenvalue weighted by Crippen LogP contribution is -2.13. The van der Waals surface area contributed by atoms with E-state index in [1.807, 2.05) is 6.92 Å². The van der Waals surface area contributed by atoms with Crippen LogP contribution in [0.25, 0.3) is 6.08 Å². The maximum atomic E-state index is 10.5. The predicted octanol–water partition coefficient (Wildman–Crippen LogP) is 4.43. The molecule has 0 unspecified atom stereocenters. The second-order valence-corrected chi connectivity index (χ2v) is 6.89. The molecule has 0 fully saturated rings. The van der Waals surface area contributed by atoms with Crippen molar-refractivity contribution in [3.63, 3.8) is 0 Å². The fraction of sp³-hybridized carbons (Fsp3) is 0.474. The van der Waals surface area contributed by atoms with Crippen LogP contribution < -0.4 is 5.32 Å². The monoisotopic (exact) mass is 346 g/mol. The summed E-state index contributed by atoms with van der Waals surface area (Å²) >= 11 is 5.31. The molecule has 0 bridgehead atoms. The van der Waals surface area contributed by atoms with Crippen molar-refractivity contribution in [1.82, 2.24) is 10.3 Å². The Labute approximate surface area is 149 Å². The van der Waals surface area contributed by atoms with E-state index in [9.17, 15) is 4.79 Å². The van der Waals surface area contributed by atoms with Crippen LogP contribution >= 0.6 is 12.2 Å². The Hall–Kier alpha value is -1.88. The SMILES string of the molecule is CC1=C(C)/C(=C/c2[nH]c(CCCCCC(=O)O)c(C)c2C)NC1=S. The van der Waals surface area contributed by atoms with Gasteiger partial charge in [0.1, 0.15) is 4.99 Å². The molecule has 2 rings (SSSR count). The van der Waals surface area contributed by atoms with E-state index in [4.69, 9.17) is 17.3 Å². The number of carbonyl (C=O) groups is 1. The highest BCUT2D eigenvalue weighted by Crippen LogP contribution is 2.26. The number of hydrogen-bond donors (Lipinski definition) is 3. The van der Waals surface area contributed by atoms with Gasteiger partial charge in [-0.1, -0.05) is 18.6 Å². The van der Waals surface area contributed by atoms with Gasteiger partial charge in [0.15, 0.2) is 0 Å². The predicted molar refractivity (Wildman–Crippen MR) is 102 cm³/mol. The van der Waals surface area contributed by atoms with Crippen molar-refractivity contribution in [2.75, 3.05) is 0 Å². The quantitative estimate of drug-likeness (QED) is 0.505. The normalized spacial score (nSPS) is 16.2. The number of H-pyrrole nitrogens is 1. The minimum absolute atomic E-state index is 0.261. The number of allylic oxidation sites excluding steroid dienone is 1. The van der Waals surface area contributed by atoms with Gasteiger partial charge < -0.3 is 15.4 Å². The third-order valence-corrected chi connectivity index (χ3v) is 5.27. The summed E-state index contributed by atoms with van der Waals surface area (Å²) in [7, 11) is 0. The van der Waals surface area contributed by atoms with Gasteiger partial charge in [-0.05, 0) is 75.3 Å². The number of aromatic amines is 1. The molecule has 1 aromatic rings. The lowest BCUT2D eigenvalue weighted by molar-refractivity contribution is -0.137. The minimum atomic E-state index is -0.712. The van der Waals surface area contributed by atoms with Crippen molar-refractivity contribution in [3.05, 3.63) is 39.4 Å². The van der Waals surface area contributed by atoms with Crippen molar-refractivity contribution in [2.24, 2.45) is 0 Å². The van der Waals surface area contributed by atoms with Gasteiger partial charge in [-0.25, -0.2) is 0 Å². The molecular weight excluding hydrogens is 320 g/mol. The maximum Gasteiger partial charge on any atom is 0.303 e. The summed E-state index contributed by atoms with van der Waals surface area (Å²) in [4.78, 5) is 14.9. The Morgan fingerprint density at radius 1 is 1.08 bits per heavy atom. The summed E-state index contributed by atoms with van der Waals surface area (Å²) in [5.74, 6) is -0.712. The topological polar surface area (TPSA) is 65.1 Å². The van der Waals surface area contributed by atoms with E-state index >= 15 is 0 Å². The maximum absolute atomic E-state index is 10.5. The summed E-state index contributed by atoms with van der Waals surface area (Å²) in [6.45, 7) is 8.40. The highest BCUT2D eigenvalue weighted by molar-refractivity contribution is 7.80. The highest BCUT2D eigenvalue weighted by Gasteiger charge is 2.18. The zero-order valence-electron chi connectivity index (χ0n) is 14.9. The summed E-state index contributed by atoms with van der Waals surface area (Å²) < 4.78 is 0. The number of aliphatic carboxylic acids is 1. The van der Waals surface area contributed by atoms with E-state index in [0.29, 0.717) is 0 Å². The molecule has 0 aromatic carbocycles. The smallest absolute Gasteiger partial charge is 0.303 e. The van der Waals surface area contributed by atoms with Crippen LogP contribution in [0.1, 0.15) is 62.0 Å². The lowest BCUT2D eigenvalue weighted by Gasteiger charge is -2.02. The van der Waals surface area contributed by atoms with Crippen molar-refractivity contribution in [1.29, 1.82) is 0 Å². The molecule has 0 amide bonds. The van der Waals surface area contributed by atoms with Crippen LogP contribution in [0.2, 0.25) is 0 Å². The molecule has 1 aliphatic rings. The average molecular weight is 346 g/mol. The van der Waals surface area contributed by atoms with Gasteiger partial charge in [0, 0.05) is 23.5 Å². The van der Waals surface area contributed by atoms with Crippen LogP contribution in [0, 0.1) is 13.8 Å². The van der Waals surface area contributed by atoms with Gasteiger partial charge in [-0.15, -0.1) is 0 Å². The van der Waals surface area contributed by atoms with E-state index in [1.54, 1.807) is 0 Å². The van der Waals surface area contributed by atoms with Crippen molar-refractivity contribution >= 4 is 29.3 Å². The van der Waals surface area contributed by atoms with Crippen LogP contribution in [-0.4, -0.2) is 21.0 Å². The third kappa shape index (κ3) is 4.15. The number of rotatable bonds is 7. The first-order valence-corrected chi connectivity index (χ1v) is 8.82. The summed E-state index contributed by atoms with van der Waals surface area (Å²) in [6.07, 6.45) is 6.04. The van der Waals surface area contributed by atoms with Crippen molar-refractivity contribution in [3.8, 4) is 0 Å². The van der Waals surface area contributed by atoms with E-state index < -0.39 is 5.97 Å². The second kappa shape index (κ2) is 7.79. The van der Waals surface area contributed by atoms with Gasteiger partial charge >= 0.3 is 5.97 Å². The fourth-order valence-corrected chi connectivity index (χ4v) is 3.16. The molecule has 0 saturated heterocycles.